The molecule has 275 valence electrons. The van der Waals surface area contributed by atoms with Crippen molar-refractivity contribution in [1.82, 2.24) is 4.90 Å². The highest BCUT2D eigenvalue weighted by Crippen LogP contribution is 2.90. The van der Waals surface area contributed by atoms with Gasteiger partial charge >= 0.3 is 5.97 Å². The Morgan fingerprint density at radius 1 is 1.08 bits per heavy atom. The molecule has 49 heavy (non-hydrogen) atoms. The van der Waals surface area contributed by atoms with Crippen LogP contribution in [0.25, 0.3) is 0 Å². The minimum Gasteiger partial charge on any atom is -0.456 e. The van der Waals surface area contributed by atoms with Gasteiger partial charge in [-0.05, 0) is 111 Å². The standard InChI is InChI=1S/C40H62NO8/c1-23-19-26(34(36(5,6)44)47-24(2)42)48-32-31(23)37(7)14-15-40-22-39(40)13-11-29(49-30-20-41(16-18-46-30)25-12-17-45-21-25)35(3,4)27(39)9-10-28(40)38(37,8)33(32)43/h23,25,27,29-31,33-34,43-44H,9-22H2,1-8H3/t23-,25?,27+,29+,30+,31+,33+,34+,37-,38-,39-,40+/m1/s1. The van der Waals surface area contributed by atoms with E-state index < -0.39 is 29.2 Å². The van der Waals surface area contributed by atoms with Crippen molar-refractivity contribution >= 4 is 5.97 Å². The lowest BCUT2D eigenvalue weighted by Crippen LogP contribution is -2.59. The van der Waals surface area contributed by atoms with Crippen molar-refractivity contribution < 1.29 is 38.7 Å². The number of hydrogen-bond acceptors (Lipinski definition) is 9. The first kappa shape index (κ1) is 35.2. The number of carbonyl (C=O) groups is 1. The van der Waals surface area contributed by atoms with Crippen LogP contribution in [0.1, 0.15) is 113 Å². The highest BCUT2D eigenvalue weighted by Gasteiger charge is 2.85. The number of aliphatic hydroxyl groups is 2. The fraction of sp³-hybridized carbons (Fsp3) is 0.900. The van der Waals surface area contributed by atoms with Crippen molar-refractivity contribution in [2.24, 2.45) is 44.8 Å². The van der Waals surface area contributed by atoms with Crippen LogP contribution in [0, 0.1) is 63.0 Å². The molecule has 0 amide bonds. The minimum atomic E-state index is -1.31. The Balaban J connectivity index is 1.02. The van der Waals surface area contributed by atoms with Gasteiger partial charge in [-0.25, -0.2) is 0 Å². The van der Waals surface area contributed by atoms with E-state index in [-0.39, 0.29) is 45.9 Å². The SMILES string of the molecule is CC(=O)O[C@@H]([C]1C[C@@H](C)[C@H]2[C](O1)[C@H](O)[C@@]1(C)[C]3CC[C@H]4C(C)(C)[C@@H](O[C@H]5CN(C6CCOC6)CCO5)CC[C@@]45C[C@@]35CC[C@]21C)C(C)(C)O. The first-order valence-electron chi connectivity index (χ1n) is 19.4. The van der Waals surface area contributed by atoms with Gasteiger partial charge in [-0.2, -0.15) is 0 Å². The largest absolute Gasteiger partial charge is 0.456 e. The smallest absolute Gasteiger partial charge is 0.303 e. The fourth-order valence-electron chi connectivity index (χ4n) is 13.7. The Morgan fingerprint density at radius 2 is 1.86 bits per heavy atom. The number of hydrogen-bond donors (Lipinski definition) is 2. The summed E-state index contributed by atoms with van der Waals surface area (Å²) in [6.07, 6.45) is 9.16. The first-order chi connectivity index (χ1) is 23.0. The quantitative estimate of drug-likeness (QED) is 0.345. The van der Waals surface area contributed by atoms with E-state index in [0.29, 0.717) is 31.1 Å². The second-order valence-electron chi connectivity index (χ2n) is 19.1. The molecule has 3 radical (unpaired) electrons. The summed E-state index contributed by atoms with van der Waals surface area (Å²) in [4.78, 5) is 14.6. The molecule has 0 aromatic carbocycles. The summed E-state index contributed by atoms with van der Waals surface area (Å²) in [6.45, 7) is 20.8. The molecule has 2 N–H and O–H groups in total. The molecule has 0 bridgehead atoms. The third-order valence-electron chi connectivity index (χ3n) is 16.0. The van der Waals surface area contributed by atoms with E-state index in [2.05, 4.69) is 39.5 Å². The second-order valence-corrected chi connectivity index (χ2v) is 19.1. The van der Waals surface area contributed by atoms with E-state index in [9.17, 15) is 15.0 Å². The minimum absolute atomic E-state index is 0.0262. The molecule has 0 aromatic heterocycles. The van der Waals surface area contributed by atoms with Crippen LogP contribution >= 0.6 is 0 Å². The van der Waals surface area contributed by atoms with Crippen LogP contribution in [-0.2, 0) is 28.5 Å². The Bertz CT molecular complexity index is 1300. The van der Waals surface area contributed by atoms with Crippen LogP contribution in [-0.4, -0.2) is 90.2 Å². The maximum Gasteiger partial charge on any atom is 0.303 e. The van der Waals surface area contributed by atoms with Crippen LogP contribution < -0.4 is 0 Å². The van der Waals surface area contributed by atoms with Gasteiger partial charge in [-0.15, -0.1) is 0 Å². The molecule has 8 rings (SSSR count). The molecule has 3 saturated heterocycles. The summed E-state index contributed by atoms with van der Waals surface area (Å²) in [6, 6.07) is 0.484. The lowest BCUT2D eigenvalue weighted by atomic mass is 9.41. The van der Waals surface area contributed by atoms with Crippen molar-refractivity contribution in [2.75, 3.05) is 32.9 Å². The van der Waals surface area contributed by atoms with Crippen molar-refractivity contribution in [2.45, 2.75) is 149 Å². The summed E-state index contributed by atoms with van der Waals surface area (Å²) in [5, 5.41) is 23.5. The molecular formula is C40H62NO8. The molecule has 9 heteroatoms. The molecule has 5 aliphatic carbocycles. The van der Waals surface area contributed by atoms with Gasteiger partial charge in [0.25, 0.3) is 0 Å². The molecule has 8 fully saturated rings. The summed E-state index contributed by atoms with van der Waals surface area (Å²) in [5.74, 6) is 1.99. The molecule has 2 spiro atoms. The average Bonchev–Trinajstić information content (AvgIpc) is 3.29. The van der Waals surface area contributed by atoms with E-state index in [4.69, 9.17) is 23.7 Å². The van der Waals surface area contributed by atoms with E-state index in [1.807, 2.05) is 0 Å². The van der Waals surface area contributed by atoms with E-state index in [0.717, 1.165) is 64.5 Å². The van der Waals surface area contributed by atoms with Crippen LogP contribution in [0.15, 0.2) is 0 Å². The maximum absolute atomic E-state index is 12.5. The molecule has 12 atom stereocenters. The lowest BCUT2D eigenvalue weighted by Gasteiger charge is -2.63. The third-order valence-corrected chi connectivity index (χ3v) is 16.0. The van der Waals surface area contributed by atoms with Gasteiger partial charge in [-0.1, -0.05) is 34.6 Å². The number of fused-ring (bicyclic) bond motifs is 4. The molecule has 1 unspecified atom stereocenters. The third kappa shape index (κ3) is 4.90. The maximum atomic E-state index is 12.5. The summed E-state index contributed by atoms with van der Waals surface area (Å²) < 4.78 is 31.2. The normalized spacial score (nSPS) is 49.3. The van der Waals surface area contributed by atoms with Crippen LogP contribution in [0.2, 0.25) is 0 Å². The van der Waals surface area contributed by atoms with Crippen LogP contribution in [0.4, 0.5) is 0 Å². The van der Waals surface area contributed by atoms with Gasteiger partial charge in [-0.3, -0.25) is 9.69 Å². The first-order valence-corrected chi connectivity index (χ1v) is 19.4. The molecule has 8 aliphatic rings. The van der Waals surface area contributed by atoms with Gasteiger partial charge in [0.15, 0.2) is 12.4 Å². The number of ether oxygens (including phenoxy) is 5. The van der Waals surface area contributed by atoms with Crippen LogP contribution in [0.5, 0.6) is 0 Å². The van der Waals surface area contributed by atoms with E-state index >= 15 is 0 Å². The van der Waals surface area contributed by atoms with Gasteiger partial charge in [0, 0.05) is 44.0 Å². The molecule has 0 aromatic rings. The molecule has 9 nitrogen and oxygen atoms in total. The van der Waals surface area contributed by atoms with Crippen molar-refractivity contribution in [3.8, 4) is 0 Å². The zero-order valence-electron chi connectivity index (χ0n) is 31.3. The van der Waals surface area contributed by atoms with Crippen molar-refractivity contribution in [1.29, 1.82) is 0 Å². The Morgan fingerprint density at radius 3 is 2.55 bits per heavy atom. The predicted octanol–water partition coefficient (Wildman–Crippen LogP) is 5.62. The summed E-state index contributed by atoms with van der Waals surface area (Å²) >= 11 is 0. The van der Waals surface area contributed by atoms with Gasteiger partial charge in [0.1, 0.15) is 12.2 Å². The van der Waals surface area contributed by atoms with Crippen molar-refractivity contribution in [3.05, 3.63) is 18.1 Å². The average molecular weight is 685 g/mol. The predicted molar refractivity (Wildman–Crippen MR) is 182 cm³/mol. The number of aliphatic hydroxyl groups excluding tert-OH is 1. The monoisotopic (exact) mass is 684 g/mol. The number of esters is 1. The number of nitrogens with zero attached hydrogens (tertiary/aromatic N) is 1. The lowest BCUT2D eigenvalue weighted by molar-refractivity contribution is -0.245. The molecule has 3 aliphatic heterocycles. The summed E-state index contributed by atoms with van der Waals surface area (Å²) in [5.41, 5.74) is -1.41. The van der Waals surface area contributed by atoms with Crippen LogP contribution in [0.3, 0.4) is 0 Å². The van der Waals surface area contributed by atoms with E-state index in [1.54, 1.807) is 19.8 Å². The number of carbonyl (C=O) groups excluding carboxylic acids is 1. The van der Waals surface area contributed by atoms with Gasteiger partial charge in [0.2, 0.25) is 0 Å². The van der Waals surface area contributed by atoms with E-state index in [1.165, 1.54) is 26.2 Å². The molecule has 3 heterocycles. The molecule has 5 saturated carbocycles. The Labute approximate surface area is 294 Å². The molecular weight excluding hydrogens is 622 g/mol. The Kier molecular flexibility index (Phi) is 8.34. The van der Waals surface area contributed by atoms with Gasteiger partial charge < -0.3 is 33.9 Å². The number of rotatable bonds is 6. The van der Waals surface area contributed by atoms with Gasteiger partial charge in [0.05, 0.1) is 31.0 Å². The second kappa shape index (κ2) is 11.6. The fourth-order valence-corrected chi connectivity index (χ4v) is 13.7. The van der Waals surface area contributed by atoms with Crippen molar-refractivity contribution in [3.63, 3.8) is 0 Å². The summed E-state index contributed by atoms with van der Waals surface area (Å²) in [7, 11) is 0. The highest BCUT2D eigenvalue weighted by atomic mass is 16.7. The topological polar surface area (TPSA) is 107 Å². The zero-order chi connectivity index (χ0) is 34.9. The highest BCUT2D eigenvalue weighted by molar-refractivity contribution is 5.66. The Hall–Kier alpha value is -0.810. The number of morpholine rings is 1. The zero-order valence-corrected chi connectivity index (χ0v) is 31.3.